The number of aliphatic imine (C=N–C) groups is 1. The van der Waals surface area contributed by atoms with Gasteiger partial charge in [-0.1, -0.05) is 6.07 Å². The van der Waals surface area contributed by atoms with Crippen LogP contribution in [0.4, 0.5) is 23.2 Å². The zero-order valence-electron chi connectivity index (χ0n) is 17.7. The normalized spacial score (nSPS) is 21.7. The molecule has 2 aromatic rings. The third-order valence-corrected chi connectivity index (χ3v) is 6.46. The number of nitrogens with zero attached hydrogens (tertiary/aromatic N) is 4. The van der Waals surface area contributed by atoms with Gasteiger partial charge in [0, 0.05) is 30.9 Å². The number of aromatic nitrogens is 1. The van der Waals surface area contributed by atoms with Crippen molar-refractivity contribution >= 4 is 17.6 Å². The molecule has 2 N–H and O–H groups in total. The fourth-order valence-electron chi connectivity index (χ4n) is 4.77. The van der Waals surface area contributed by atoms with Crippen molar-refractivity contribution in [1.82, 2.24) is 14.8 Å². The summed E-state index contributed by atoms with van der Waals surface area (Å²) < 4.78 is 59.5. The van der Waals surface area contributed by atoms with Crippen LogP contribution in [0, 0.1) is 5.82 Å². The van der Waals surface area contributed by atoms with Gasteiger partial charge in [0.05, 0.1) is 36.5 Å². The molecule has 0 saturated carbocycles. The van der Waals surface area contributed by atoms with E-state index in [4.69, 9.17) is 10.5 Å². The SMILES string of the molecule is CN(C(=O)c1cc2c(cc1F)N=C(N)N1CCOC[C@@H]21)C1CCc2nc(C(F)(F)F)ccc21. The minimum atomic E-state index is -4.54. The van der Waals surface area contributed by atoms with Crippen LogP contribution in [0.1, 0.15) is 51.4 Å². The number of fused-ring (bicyclic) bond motifs is 4. The van der Waals surface area contributed by atoms with E-state index in [2.05, 4.69) is 9.98 Å². The van der Waals surface area contributed by atoms with Crippen LogP contribution >= 0.6 is 0 Å². The third kappa shape index (κ3) is 3.60. The van der Waals surface area contributed by atoms with Crippen molar-refractivity contribution in [2.45, 2.75) is 31.1 Å². The smallest absolute Gasteiger partial charge is 0.377 e. The van der Waals surface area contributed by atoms with Gasteiger partial charge in [0.2, 0.25) is 0 Å². The molecule has 2 atom stereocenters. The Hall–Kier alpha value is -3.21. The Kier molecular flexibility index (Phi) is 5.04. The van der Waals surface area contributed by atoms with E-state index in [1.165, 1.54) is 30.1 Å². The molecule has 0 bridgehead atoms. The van der Waals surface area contributed by atoms with Crippen LogP contribution < -0.4 is 5.73 Å². The molecule has 3 heterocycles. The second-order valence-electron chi connectivity index (χ2n) is 8.35. The number of guanidine groups is 1. The topological polar surface area (TPSA) is 84.0 Å². The summed E-state index contributed by atoms with van der Waals surface area (Å²) in [5.41, 5.74) is 6.76. The molecule has 1 amide bonds. The second-order valence-corrected chi connectivity index (χ2v) is 8.35. The molecule has 174 valence electrons. The molecular weight excluding hydrogens is 442 g/mol. The second kappa shape index (κ2) is 7.68. The summed E-state index contributed by atoms with van der Waals surface area (Å²) in [6, 6.07) is 4.16. The Morgan fingerprint density at radius 2 is 2.06 bits per heavy atom. The lowest BCUT2D eigenvalue weighted by molar-refractivity contribution is -0.141. The molecular formula is C22H21F4N5O2. The first kappa shape index (κ1) is 21.6. The Morgan fingerprint density at radius 3 is 2.82 bits per heavy atom. The van der Waals surface area contributed by atoms with E-state index in [-0.39, 0.29) is 17.6 Å². The summed E-state index contributed by atoms with van der Waals surface area (Å²) in [5.74, 6) is -1.03. The van der Waals surface area contributed by atoms with Crippen molar-refractivity contribution in [2.24, 2.45) is 10.7 Å². The molecule has 1 aliphatic carbocycles. The van der Waals surface area contributed by atoms with Crippen molar-refractivity contribution in [3.8, 4) is 0 Å². The molecule has 33 heavy (non-hydrogen) atoms. The first-order chi connectivity index (χ1) is 15.6. The van der Waals surface area contributed by atoms with Gasteiger partial charge in [-0.2, -0.15) is 13.2 Å². The highest BCUT2D eigenvalue weighted by Gasteiger charge is 2.38. The summed E-state index contributed by atoms with van der Waals surface area (Å²) in [6.07, 6.45) is -3.83. The standard InChI is InChI=1S/C22H21F4N5O2/c1-30(17-4-3-15-11(17)2-5-19(28-15)22(24,25)26)20(32)12-8-13-16(9-14(12)23)29-21(27)31-6-7-33-10-18(13)31/h2,5,8-9,17-18H,3-4,6-7,10H2,1H3,(H2,27,29)/t17?,18-/m0/s1. The van der Waals surface area contributed by atoms with Crippen LogP contribution in [0.5, 0.6) is 0 Å². The van der Waals surface area contributed by atoms with Crippen LogP contribution in [0.15, 0.2) is 29.3 Å². The number of halogens is 4. The fourth-order valence-corrected chi connectivity index (χ4v) is 4.77. The quantitative estimate of drug-likeness (QED) is 0.691. The van der Waals surface area contributed by atoms with Crippen molar-refractivity contribution in [2.75, 3.05) is 26.8 Å². The zero-order chi connectivity index (χ0) is 23.5. The van der Waals surface area contributed by atoms with Crippen molar-refractivity contribution in [3.63, 3.8) is 0 Å². The molecule has 1 fully saturated rings. The van der Waals surface area contributed by atoms with E-state index in [0.717, 1.165) is 6.07 Å². The molecule has 0 radical (unpaired) electrons. The highest BCUT2D eigenvalue weighted by Crippen LogP contribution is 2.40. The maximum atomic E-state index is 15.0. The van der Waals surface area contributed by atoms with E-state index in [9.17, 15) is 22.4 Å². The Morgan fingerprint density at radius 1 is 1.27 bits per heavy atom. The number of benzene rings is 1. The van der Waals surface area contributed by atoms with Crippen molar-refractivity contribution in [3.05, 3.63) is 58.2 Å². The van der Waals surface area contributed by atoms with Gasteiger partial charge in [0.25, 0.3) is 5.91 Å². The van der Waals surface area contributed by atoms with Gasteiger partial charge in [-0.3, -0.25) is 4.79 Å². The number of carbonyl (C=O) groups excluding carboxylic acids is 1. The molecule has 1 unspecified atom stereocenters. The van der Waals surface area contributed by atoms with Crippen LogP contribution in [0.2, 0.25) is 0 Å². The number of ether oxygens (including phenoxy) is 1. The largest absolute Gasteiger partial charge is 0.433 e. The molecule has 1 aromatic heterocycles. The van der Waals surface area contributed by atoms with E-state index >= 15 is 0 Å². The third-order valence-electron chi connectivity index (χ3n) is 6.46. The van der Waals surface area contributed by atoms with E-state index in [0.29, 0.717) is 55.1 Å². The highest BCUT2D eigenvalue weighted by molar-refractivity contribution is 5.96. The first-order valence-corrected chi connectivity index (χ1v) is 10.5. The molecule has 1 aromatic carbocycles. The highest BCUT2D eigenvalue weighted by atomic mass is 19.4. The van der Waals surface area contributed by atoms with Crippen LogP contribution in [0.3, 0.4) is 0 Å². The van der Waals surface area contributed by atoms with Gasteiger partial charge in [0.1, 0.15) is 11.5 Å². The Balaban J connectivity index is 1.46. The van der Waals surface area contributed by atoms with Crippen molar-refractivity contribution < 1.29 is 27.1 Å². The number of nitrogens with two attached hydrogens (primary N) is 1. The van der Waals surface area contributed by atoms with E-state index in [1.54, 1.807) is 0 Å². The number of hydrogen-bond acceptors (Lipinski definition) is 6. The Bertz CT molecular complexity index is 1170. The zero-order valence-corrected chi connectivity index (χ0v) is 17.7. The molecule has 1 saturated heterocycles. The predicted molar refractivity (Wildman–Crippen MR) is 110 cm³/mol. The van der Waals surface area contributed by atoms with Gasteiger partial charge in [-0.25, -0.2) is 14.4 Å². The number of carbonyl (C=O) groups is 1. The Labute approximate surface area is 186 Å². The number of aryl methyl sites for hydroxylation is 1. The van der Waals surface area contributed by atoms with E-state index in [1.807, 2.05) is 4.90 Å². The van der Waals surface area contributed by atoms with Gasteiger partial charge in [0.15, 0.2) is 5.96 Å². The molecule has 0 spiro atoms. The predicted octanol–water partition coefficient (Wildman–Crippen LogP) is 3.33. The fraction of sp³-hybridized carbons (Fsp3) is 0.409. The number of pyridine rings is 1. The van der Waals surface area contributed by atoms with Gasteiger partial charge in [-0.05, 0) is 30.5 Å². The molecule has 5 rings (SSSR count). The number of rotatable bonds is 2. The number of amides is 1. The maximum absolute atomic E-state index is 15.0. The monoisotopic (exact) mass is 463 g/mol. The lowest BCUT2D eigenvalue weighted by atomic mass is 9.97. The summed E-state index contributed by atoms with van der Waals surface area (Å²) in [5, 5.41) is 0. The molecule has 7 nitrogen and oxygen atoms in total. The number of morpholine rings is 1. The summed E-state index contributed by atoms with van der Waals surface area (Å²) in [6.45, 7) is 1.36. The average molecular weight is 463 g/mol. The van der Waals surface area contributed by atoms with Crippen LogP contribution in [-0.2, 0) is 17.3 Å². The van der Waals surface area contributed by atoms with Gasteiger partial charge >= 0.3 is 6.18 Å². The number of alkyl halides is 3. The van der Waals surface area contributed by atoms with E-state index < -0.39 is 29.6 Å². The van der Waals surface area contributed by atoms with Crippen LogP contribution in [0.25, 0.3) is 0 Å². The summed E-state index contributed by atoms with van der Waals surface area (Å²) in [4.78, 5) is 24.5. The minimum absolute atomic E-state index is 0.134. The maximum Gasteiger partial charge on any atom is 0.433 e. The average Bonchev–Trinajstić information content (AvgIpc) is 3.21. The van der Waals surface area contributed by atoms with Crippen LogP contribution in [-0.4, -0.2) is 53.5 Å². The van der Waals surface area contributed by atoms with Gasteiger partial charge in [-0.15, -0.1) is 0 Å². The molecule has 2 aliphatic heterocycles. The number of hydrogen-bond donors (Lipinski definition) is 1. The first-order valence-electron chi connectivity index (χ1n) is 10.5. The lowest BCUT2D eigenvalue weighted by Crippen LogP contribution is -2.48. The summed E-state index contributed by atoms with van der Waals surface area (Å²) in [7, 11) is 1.52. The minimum Gasteiger partial charge on any atom is -0.377 e. The van der Waals surface area contributed by atoms with Crippen molar-refractivity contribution in [1.29, 1.82) is 0 Å². The summed E-state index contributed by atoms with van der Waals surface area (Å²) >= 11 is 0. The van der Waals surface area contributed by atoms with Gasteiger partial charge < -0.3 is 20.3 Å². The molecule has 11 heteroatoms. The lowest BCUT2D eigenvalue weighted by Gasteiger charge is -2.39. The molecule has 3 aliphatic rings.